The molecule has 1 atom stereocenters. The largest absolute Gasteiger partial charge is 0.382 e. The van der Waals surface area contributed by atoms with Gasteiger partial charge in [-0.3, -0.25) is 9.59 Å². The van der Waals surface area contributed by atoms with Crippen molar-refractivity contribution in [3.05, 3.63) is 27.4 Å². The van der Waals surface area contributed by atoms with Crippen LogP contribution in [0.1, 0.15) is 59.3 Å². The maximum atomic E-state index is 12.3. The summed E-state index contributed by atoms with van der Waals surface area (Å²) in [6, 6.07) is 0. The first-order valence-corrected chi connectivity index (χ1v) is 8.04. The van der Waals surface area contributed by atoms with E-state index in [9.17, 15) is 9.59 Å². The zero-order valence-corrected chi connectivity index (χ0v) is 14.1. The molecule has 0 bridgehead atoms. The minimum Gasteiger partial charge on any atom is -0.382 e. The zero-order valence-electron chi connectivity index (χ0n) is 13.2. The highest BCUT2D eigenvalue weighted by molar-refractivity contribution is 7.14. The lowest BCUT2D eigenvalue weighted by Gasteiger charge is -2.27. The van der Waals surface area contributed by atoms with Crippen molar-refractivity contribution in [1.82, 2.24) is 10.3 Å². The second kappa shape index (κ2) is 5.72. The van der Waals surface area contributed by atoms with E-state index in [1.54, 1.807) is 0 Å². The number of fused-ring (bicyclic) bond motifs is 1. The standard InChI is InChI=1S/C16H22N2O2S/c1-9(16(3,4)5)6-7-17-11-8-12(19)15-13(14(11)20)18-10(2)21-15/h8-9,17H,6-7H2,1-5H3. The van der Waals surface area contributed by atoms with Crippen molar-refractivity contribution < 1.29 is 9.59 Å². The summed E-state index contributed by atoms with van der Waals surface area (Å²) in [5.41, 5.74) is 0.914. The van der Waals surface area contributed by atoms with Crippen molar-refractivity contribution in [1.29, 1.82) is 0 Å². The summed E-state index contributed by atoms with van der Waals surface area (Å²) < 4.78 is 0. The number of nitrogens with one attached hydrogen (secondary N) is 1. The van der Waals surface area contributed by atoms with Gasteiger partial charge in [-0.25, -0.2) is 4.98 Å². The van der Waals surface area contributed by atoms with E-state index in [2.05, 4.69) is 38.0 Å². The number of ketones is 2. The van der Waals surface area contributed by atoms with E-state index < -0.39 is 0 Å². The van der Waals surface area contributed by atoms with Crippen molar-refractivity contribution in [3.8, 4) is 0 Å². The Bertz CT molecular complexity index is 608. The highest BCUT2D eigenvalue weighted by Gasteiger charge is 2.29. The van der Waals surface area contributed by atoms with Gasteiger partial charge in [-0.15, -0.1) is 11.3 Å². The van der Waals surface area contributed by atoms with Gasteiger partial charge >= 0.3 is 0 Å². The maximum Gasteiger partial charge on any atom is 0.228 e. The van der Waals surface area contributed by atoms with E-state index in [4.69, 9.17) is 0 Å². The van der Waals surface area contributed by atoms with Crippen molar-refractivity contribution in [2.75, 3.05) is 6.54 Å². The SMILES string of the molecule is Cc1nc2c(s1)C(=O)C=C(NCCC(C)C(C)(C)C)C2=O. The van der Waals surface area contributed by atoms with Crippen LogP contribution in [-0.2, 0) is 0 Å². The van der Waals surface area contributed by atoms with Crippen molar-refractivity contribution in [2.45, 2.75) is 41.0 Å². The smallest absolute Gasteiger partial charge is 0.228 e. The maximum absolute atomic E-state index is 12.3. The molecule has 4 nitrogen and oxygen atoms in total. The van der Waals surface area contributed by atoms with Crippen LogP contribution in [0.15, 0.2) is 11.8 Å². The van der Waals surface area contributed by atoms with E-state index in [0.29, 0.717) is 28.7 Å². The number of allylic oxidation sites excluding steroid dienone is 2. The molecule has 0 fully saturated rings. The van der Waals surface area contributed by atoms with Crippen LogP contribution in [0.4, 0.5) is 0 Å². The summed E-state index contributed by atoms with van der Waals surface area (Å²) >= 11 is 1.28. The lowest BCUT2D eigenvalue weighted by molar-refractivity contribution is 0.0977. The highest BCUT2D eigenvalue weighted by atomic mass is 32.1. The van der Waals surface area contributed by atoms with Crippen LogP contribution in [-0.4, -0.2) is 23.1 Å². The summed E-state index contributed by atoms with van der Waals surface area (Å²) in [5, 5.41) is 3.86. The Morgan fingerprint density at radius 1 is 1.33 bits per heavy atom. The van der Waals surface area contributed by atoms with Gasteiger partial charge in [0.05, 0.1) is 10.7 Å². The molecule has 0 saturated heterocycles. The van der Waals surface area contributed by atoms with Gasteiger partial charge < -0.3 is 5.32 Å². The third-order valence-corrected chi connectivity index (χ3v) is 5.05. The van der Waals surface area contributed by atoms with Crippen LogP contribution >= 0.6 is 11.3 Å². The average molecular weight is 306 g/mol. The van der Waals surface area contributed by atoms with E-state index in [1.807, 2.05) is 6.92 Å². The molecule has 1 heterocycles. The topological polar surface area (TPSA) is 59.1 Å². The van der Waals surface area contributed by atoms with Gasteiger partial charge in [-0.1, -0.05) is 27.7 Å². The molecule has 0 radical (unpaired) electrons. The quantitative estimate of drug-likeness (QED) is 0.926. The number of nitrogens with zero attached hydrogens (tertiary/aromatic N) is 1. The number of aryl methyl sites for hydroxylation is 1. The van der Waals surface area contributed by atoms with Crippen molar-refractivity contribution in [3.63, 3.8) is 0 Å². The van der Waals surface area contributed by atoms with Gasteiger partial charge in [-0.05, 0) is 24.7 Å². The van der Waals surface area contributed by atoms with Gasteiger partial charge in [0.15, 0.2) is 5.78 Å². The molecule has 114 valence electrons. The molecule has 0 saturated carbocycles. The molecule has 1 aromatic heterocycles. The minimum absolute atomic E-state index is 0.124. The van der Waals surface area contributed by atoms with Crippen LogP contribution in [0.2, 0.25) is 0 Å². The normalized spacial score (nSPS) is 16.5. The fourth-order valence-corrected chi connectivity index (χ4v) is 2.95. The second-order valence-corrected chi connectivity index (χ2v) is 7.85. The molecule has 21 heavy (non-hydrogen) atoms. The molecule has 1 unspecified atom stereocenters. The molecule has 2 rings (SSSR count). The molecule has 0 amide bonds. The molecule has 1 aliphatic rings. The van der Waals surface area contributed by atoms with Crippen molar-refractivity contribution >= 4 is 22.9 Å². The molecule has 1 aromatic rings. The van der Waals surface area contributed by atoms with Gasteiger partial charge in [0.25, 0.3) is 0 Å². The van der Waals surface area contributed by atoms with Crippen LogP contribution in [0.5, 0.6) is 0 Å². The van der Waals surface area contributed by atoms with Crippen molar-refractivity contribution in [2.24, 2.45) is 11.3 Å². The number of aromatic nitrogens is 1. The number of Topliss-reactive ketones (excluding diaryl/α,β-unsaturated/α-hetero) is 1. The summed E-state index contributed by atoms with van der Waals surface area (Å²) in [6.07, 6.45) is 2.36. The first-order chi connectivity index (χ1) is 9.70. The Morgan fingerprint density at radius 3 is 2.62 bits per heavy atom. The predicted molar refractivity (Wildman–Crippen MR) is 84.8 cm³/mol. The fourth-order valence-electron chi connectivity index (χ4n) is 2.13. The molecule has 5 heteroatoms. The van der Waals surface area contributed by atoms with Crippen LogP contribution in [0.3, 0.4) is 0 Å². The third-order valence-electron chi connectivity index (χ3n) is 4.06. The summed E-state index contributed by atoms with van der Waals surface area (Å²) in [6.45, 7) is 11.3. The Kier molecular flexibility index (Phi) is 4.33. The van der Waals surface area contributed by atoms with E-state index in [-0.39, 0.29) is 17.0 Å². The number of hydrogen-bond acceptors (Lipinski definition) is 5. The van der Waals surface area contributed by atoms with Crippen LogP contribution < -0.4 is 5.32 Å². The molecule has 0 spiro atoms. The predicted octanol–water partition coefficient (Wildman–Crippen LogP) is 3.38. The van der Waals surface area contributed by atoms with E-state index in [0.717, 1.165) is 11.4 Å². The Hall–Kier alpha value is -1.49. The Morgan fingerprint density at radius 2 is 2.00 bits per heavy atom. The molecule has 1 aliphatic carbocycles. The van der Waals surface area contributed by atoms with Gasteiger partial charge in [0.2, 0.25) is 5.78 Å². The van der Waals surface area contributed by atoms with Gasteiger partial charge in [0, 0.05) is 12.6 Å². The lowest BCUT2D eigenvalue weighted by Crippen LogP contribution is -2.29. The molecule has 0 aromatic carbocycles. The lowest BCUT2D eigenvalue weighted by atomic mass is 9.80. The number of carbonyl (C=O) groups excluding carboxylic acids is 2. The average Bonchev–Trinajstić information content (AvgIpc) is 2.76. The van der Waals surface area contributed by atoms with Crippen LogP contribution in [0, 0.1) is 18.3 Å². The zero-order chi connectivity index (χ0) is 15.8. The molecule has 1 N–H and O–H groups in total. The number of thiazole rings is 1. The third kappa shape index (κ3) is 3.40. The molecular formula is C16H22N2O2S. The molecule has 0 aliphatic heterocycles. The first-order valence-electron chi connectivity index (χ1n) is 7.22. The first kappa shape index (κ1) is 15.9. The summed E-state index contributed by atoms with van der Waals surface area (Å²) in [7, 11) is 0. The summed E-state index contributed by atoms with van der Waals surface area (Å²) in [5.74, 6) is 0.232. The summed E-state index contributed by atoms with van der Waals surface area (Å²) in [4.78, 5) is 29.0. The molecular weight excluding hydrogens is 284 g/mol. The highest BCUT2D eigenvalue weighted by Crippen LogP contribution is 2.28. The minimum atomic E-state index is -0.169. The van der Waals surface area contributed by atoms with E-state index >= 15 is 0 Å². The van der Waals surface area contributed by atoms with Gasteiger partial charge in [-0.2, -0.15) is 0 Å². The number of hydrogen-bond donors (Lipinski definition) is 1. The van der Waals surface area contributed by atoms with E-state index in [1.165, 1.54) is 17.4 Å². The van der Waals surface area contributed by atoms with Crippen LogP contribution in [0.25, 0.3) is 0 Å². The Labute approximate surface area is 129 Å². The monoisotopic (exact) mass is 306 g/mol. The second-order valence-electron chi connectivity index (χ2n) is 6.64. The Balaban J connectivity index is 2.02. The number of carbonyl (C=O) groups is 2. The number of rotatable bonds is 4. The fraction of sp³-hybridized carbons (Fsp3) is 0.562. The van der Waals surface area contributed by atoms with Gasteiger partial charge in [0.1, 0.15) is 10.6 Å².